The second-order valence-corrected chi connectivity index (χ2v) is 6.76. The van der Waals surface area contributed by atoms with Gasteiger partial charge in [0.25, 0.3) is 5.91 Å². The molecule has 1 saturated carbocycles. The van der Waals surface area contributed by atoms with E-state index in [0.29, 0.717) is 60.0 Å². The van der Waals surface area contributed by atoms with E-state index in [0.717, 1.165) is 12.8 Å². The standard InChI is InChI=1S/C16H15BrN4O3/c17-13-4-3-12(23-13)15(22)20-5-7-21(8-6-20)16-11(9-18)19-14(24-16)10-1-2-10/h3-4,10H,1-2,5-8H2. The van der Waals surface area contributed by atoms with E-state index >= 15 is 0 Å². The Balaban J connectivity index is 1.44. The lowest BCUT2D eigenvalue weighted by Crippen LogP contribution is -2.48. The van der Waals surface area contributed by atoms with Crippen LogP contribution in [0, 0.1) is 11.3 Å². The molecule has 3 heterocycles. The van der Waals surface area contributed by atoms with E-state index in [1.165, 1.54) is 0 Å². The van der Waals surface area contributed by atoms with Crippen molar-refractivity contribution >= 4 is 27.7 Å². The molecule has 1 saturated heterocycles. The van der Waals surface area contributed by atoms with Crippen molar-refractivity contribution in [2.24, 2.45) is 0 Å². The van der Waals surface area contributed by atoms with Gasteiger partial charge in [-0.25, -0.2) is 4.98 Å². The fraction of sp³-hybridized carbons (Fsp3) is 0.438. The molecule has 0 bridgehead atoms. The van der Waals surface area contributed by atoms with Crippen LogP contribution in [0.3, 0.4) is 0 Å². The van der Waals surface area contributed by atoms with Crippen molar-refractivity contribution in [1.29, 1.82) is 5.26 Å². The molecule has 24 heavy (non-hydrogen) atoms. The molecule has 0 aromatic carbocycles. The summed E-state index contributed by atoms with van der Waals surface area (Å²) in [4.78, 5) is 20.4. The maximum atomic E-state index is 12.4. The average molecular weight is 391 g/mol. The molecule has 0 spiro atoms. The lowest BCUT2D eigenvalue weighted by atomic mass is 10.2. The van der Waals surface area contributed by atoms with E-state index in [9.17, 15) is 10.1 Å². The molecule has 0 N–H and O–H groups in total. The molecular weight excluding hydrogens is 376 g/mol. The summed E-state index contributed by atoms with van der Waals surface area (Å²) in [7, 11) is 0. The lowest BCUT2D eigenvalue weighted by Gasteiger charge is -2.34. The number of furan rings is 1. The third kappa shape index (κ3) is 2.80. The molecule has 0 radical (unpaired) electrons. The van der Waals surface area contributed by atoms with Gasteiger partial charge in [0.2, 0.25) is 17.5 Å². The van der Waals surface area contributed by atoms with Crippen molar-refractivity contribution in [3.63, 3.8) is 0 Å². The number of nitriles is 1. The number of carbonyl (C=O) groups excluding carboxylic acids is 1. The van der Waals surface area contributed by atoms with E-state index in [1.54, 1.807) is 17.0 Å². The van der Waals surface area contributed by atoms with Crippen molar-refractivity contribution in [1.82, 2.24) is 9.88 Å². The third-order valence-electron chi connectivity index (χ3n) is 4.30. The van der Waals surface area contributed by atoms with Gasteiger partial charge in [0.05, 0.1) is 0 Å². The highest BCUT2D eigenvalue weighted by atomic mass is 79.9. The predicted molar refractivity (Wildman–Crippen MR) is 87.7 cm³/mol. The van der Waals surface area contributed by atoms with E-state index in [2.05, 4.69) is 27.0 Å². The van der Waals surface area contributed by atoms with Crippen LogP contribution in [0.25, 0.3) is 0 Å². The zero-order valence-electron chi connectivity index (χ0n) is 12.9. The SMILES string of the molecule is N#Cc1nc(C2CC2)oc1N1CCN(C(=O)c2ccc(Br)o2)CC1. The van der Waals surface area contributed by atoms with Crippen molar-refractivity contribution in [3.8, 4) is 6.07 Å². The summed E-state index contributed by atoms with van der Waals surface area (Å²) in [5.41, 5.74) is 0.339. The molecule has 2 aromatic rings. The Morgan fingerprint density at radius 3 is 2.58 bits per heavy atom. The molecule has 2 fully saturated rings. The lowest BCUT2D eigenvalue weighted by molar-refractivity contribution is 0.0712. The van der Waals surface area contributed by atoms with E-state index in [4.69, 9.17) is 8.83 Å². The molecule has 1 aliphatic carbocycles. The number of hydrogen-bond donors (Lipinski definition) is 0. The topological polar surface area (TPSA) is 86.5 Å². The summed E-state index contributed by atoms with van der Waals surface area (Å²) >= 11 is 3.20. The first kappa shape index (κ1) is 15.3. The van der Waals surface area contributed by atoms with E-state index < -0.39 is 0 Å². The molecule has 1 aliphatic heterocycles. The van der Waals surface area contributed by atoms with Gasteiger partial charge in [-0.1, -0.05) is 0 Å². The van der Waals surface area contributed by atoms with Gasteiger partial charge < -0.3 is 18.6 Å². The van der Waals surface area contributed by atoms with Gasteiger partial charge in [-0.2, -0.15) is 5.26 Å². The summed E-state index contributed by atoms with van der Waals surface area (Å²) in [6.45, 7) is 2.28. The van der Waals surface area contributed by atoms with Crippen LogP contribution < -0.4 is 4.90 Å². The Labute approximate surface area is 147 Å². The summed E-state index contributed by atoms with van der Waals surface area (Å²) in [6, 6.07) is 5.47. The Hall–Kier alpha value is -2.27. The van der Waals surface area contributed by atoms with Crippen LogP contribution in [0.4, 0.5) is 5.88 Å². The van der Waals surface area contributed by atoms with Gasteiger partial charge in [0.15, 0.2) is 10.4 Å². The number of aromatic nitrogens is 1. The molecule has 2 aliphatic rings. The van der Waals surface area contributed by atoms with Crippen molar-refractivity contribution < 1.29 is 13.6 Å². The van der Waals surface area contributed by atoms with Gasteiger partial charge in [0.1, 0.15) is 6.07 Å². The molecule has 2 aromatic heterocycles. The zero-order valence-corrected chi connectivity index (χ0v) is 14.5. The second-order valence-electron chi connectivity index (χ2n) is 5.97. The van der Waals surface area contributed by atoms with E-state index in [1.807, 2.05) is 4.90 Å². The van der Waals surface area contributed by atoms with Crippen molar-refractivity contribution in [3.05, 3.63) is 34.1 Å². The highest BCUT2D eigenvalue weighted by molar-refractivity contribution is 9.10. The Bertz CT molecular complexity index is 810. The second kappa shape index (κ2) is 5.98. The molecular formula is C16H15BrN4O3. The maximum absolute atomic E-state index is 12.4. The number of piperazine rings is 1. The quantitative estimate of drug-likeness (QED) is 0.800. The van der Waals surface area contributed by atoms with Crippen LogP contribution >= 0.6 is 15.9 Å². The number of rotatable bonds is 3. The highest BCUT2D eigenvalue weighted by Crippen LogP contribution is 2.41. The monoisotopic (exact) mass is 390 g/mol. The van der Waals surface area contributed by atoms with Crippen LogP contribution in [0.2, 0.25) is 0 Å². The molecule has 124 valence electrons. The molecule has 1 amide bonds. The predicted octanol–water partition coefficient (Wildman–Crippen LogP) is 2.74. The molecule has 4 rings (SSSR count). The Kier molecular flexibility index (Phi) is 3.81. The number of halogens is 1. The highest BCUT2D eigenvalue weighted by Gasteiger charge is 2.33. The van der Waals surface area contributed by atoms with Crippen LogP contribution in [0.15, 0.2) is 25.6 Å². The van der Waals surface area contributed by atoms with Crippen molar-refractivity contribution in [2.45, 2.75) is 18.8 Å². The zero-order chi connectivity index (χ0) is 16.7. The number of oxazole rings is 1. The van der Waals surface area contributed by atoms with Gasteiger partial charge in [-0.3, -0.25) is 4.79 Å². The normalized spacial score (nSPS) is 17.8. The summed E-state index contributed by atoms with van der Waals surface area (Å²) in [6.07, 6.45) is 2.15. The molecule has 0 unspecified atom stereocenters. The number of nitrogens with zero attached hydrogens (tertiary/aromatic N) is 4. The number of hydrogen-bond acceptors (Lipinski definition) is 6. The minimum atomic E-state index is -0.128. The van der Waals surface area contributed by atoms with Crippen molar-refractivity contribution in [2.75, 3.05) is 31.1 Å². The Morgan fingerprint density at radius 1 is 1.25 bits per heavy atom. The average Bonchev–Trinajstić information content (AvgIpc) is 3.22. The Morgan fingerprint density at radius 2 is 2.00 bits per heavy atom. The molecule has 7 nitrogen and oxygen atoms in total. The van der Waals surface area contributed by atoms with Crippen LogP contribution in [-0.4, -0.2) is 42.0 Å². The smallest absolute Gasteiger partial charge is 0.289 e. The van der Waals surface area contributed by atoms with Gasteiger partial charge in [-0.15, -0.1) is 0 Å². The molecule has 8 heteroatoms. The third-order valence-corrected chi connectivity index (χ3v) is 4.72. The van der Waals surface area contributed by atoms with Gasteiger partial charge >= 0.3 is 0 Å². The van der Waals surface area contributed by atoms with Gasteiger partial charge in [0, 0.05) is 32.1 Å². The molecule has 0 atom stereocenters. The first-order valence-corrected chi connectivity index (χ1v) is 8.65. The largest absolute Gasteiger partial charge is 0.444 e. The number of anilines is 1. The number of carbonyl (C=O) groups is 1. The number of amides is 1. The van der Waals surface area contributed by atoms with Gasteiger partial charge in [-0.05, 0) is 40.9 Å². The van der Waals surface area contributed by atoms with Crippen LogP contribution in [-0.2, 0) is 0 Å². The van der Waals surface area contributed by atoms with Crippen LogP contribution in [0.1, 0.15) is 40.9 Å². The minimum absolute atomic E-state index is 0.128. The first-order chi connectivity index (χ1) is 11.7. The van der Waals surface area contributed by atoms with E-state index in [-0.39, 0.29) is 5.91 Å². The fourth-order valence-electron chi connectivity index (χ4n) is 2.82. The summed E-state index contributed by atoms with van der Waals surface area (Å²) < 4.78 is 11.7. The summed E-state index contributed by atoms with van der Waals surface area (Å²) in [5.74, 6) is 1.76. The summed E-state index contributed by atoms with van der Waals surface area (Å²) in [5, 5.41) is 9.28. The maximum Gasteiger partial charge on any atom is 0.289 e. The minimum Gasteiger partial charge on any atom is -0.444 e. The fourth-order valence-corrected chi connectivity index (χ4v) is 3.12. The first-order valence-electron chi connectivity index (χ1n) is 7.86. The van der Waals surface area contributed by atoms with Crippen LogP contribution in [0.5, 0.6) is 0 Å².